The number of anilines is 1. The smallest absolute Gasteiger partial charge is 0.224 e. The molecule has 1 atom stereocenters. The van der Waals surface area contributed by atoms with Gasteiger partial charge in [-0.05, 0) is 42.0 Å². The third-order valence-electron chi connectivity index (χ3n) is 4.17. The van der Waals surface area contributed by atoms with Crippen molar-refractivity contribution in [2.45, 2.75) is 18.6 Å². The fourth-order valence-electron chi connectivity index (χ4n) is 2.74. The molecular weight excluding hydrogens is 412 g/mol. The minimum atomic E-state index is -0.971. The van der Waals surface area contributed by atoms with Crippen LogP contribution in [0.4, 0.5) is 5.69 Å². The molecule has 29 heavy (non-hydrogen) atoms. The molecule has 0 saturated heterocycles. The van der Waals surface area contributed by atoms with Crippen molar-refractivity contribution in [3.8, 4) is 17.1 Å². The number of amides is 1. The lowest BCUT2D eigenvalue weighted by Gasteiger charge is -2.09. The summed E-state index contributed by atoms with van der Waals surface area (Å²) in [6.07, 6.45) is 3.82. The summed E-state index contributed by atoms with van der Waals surface area (Å²) < 4.78 is 22.3. The summed E-state index contributed by atoms with van der Waals surface area (Å²) >= 11 is 6.16. The molecule has 0 aliphatic rings. The summed E-state index contributed by atoms with van der Waals surface area (Å²) in [4.78, 5) is 16.5. The van der Waals surface area contributed by atoms with Crippen molar-refractivity contribution in [3.05, 3.63) is 65.1 Å². The summed E-state index contributed by atoms with van der Waals surface area (Å²) in [6, 6.07) is 12.7. The van der Waals surface area contributed by atoms with Gasteiger partial charge in [0.05, 0.1) is 24.0 Å². The maximum atomic E-state index is 12.3. The minimum absolute atomic E-state index is 0.197. The Bertz CT molecular complexity index is 1020. The number of aryl methyl sites for hydroxylation is 1. The second kappa shape index (κ2) is 9.71. The first-order chi connectivity index (χ1) is 13.9. The van der Waals surface area contributed by atoms with Crippen LogP contribution in [0.5, 0.6) is 5.75 Å². The average molecular weight is 433 g/mol. The molecule has 1 amide bonds. The van der Waals surface area contributed by atoms with Gasteiger partial charge in [-0.15, -0.1) is 0 Å². The van der Waals surface area contributed by atoms with Gasteiger partial charge in [0.15, 0.2) is 11.7 Å². The van der Waals surface area contributed by atoms with Crippen LogP contribution in [-0.4, -0.2) is 28.5 Å². The van der Waals surface area contributed by atoms with Crippen LogP contribution in [0.3, 0.4) is 0 Å². The normalized spacial score (nSPS) is 11.8. The molecule has 1 aromatic heterocycles. The van der Waals surface area contributed by atoms with E-state index in [-0.39, 0.29) is 12.3 Å². The van der Waals surface area contributed by atoms with E-state index in [9.17, 15) is 9.00 Å². The zero-order chi connectivity index (χ0) is 20.8. The predicted molar refractivity (Wildman–Crippen MR) is 115 cm³/mol. The van der Waals surface area contributed by atoms with E-state index in [2.05, 4.69) is 10.3 Å². The summed E-state index contributed by atoms with van der Waals surface area (Å²) in [5.74, 6) is 2.08. The molecule has 3 aromatic rings. The monoisotopic (exact) mass is 432 g/mol. The van der Waals surface area contributed by atoms with Crippen molar-refractivity contribution in [1.29, 1.82) is 0 Å². The Morgan fingerprint density at radius 2 is 2.00 bits per heavy atom. The molecular formula is C21H21ClN2O4S. The van der Waals surface area contributed by atoms with Crippen molar-refractivity contribution < 1.29 is 18.2 Å². The van der Waals surface area contributed by atoms with Crippen LogP contribution in [-0.2, 0) is 27.8 Å². The van der Waals surface area contributed by atoms with E-state index in [0.29, 0.717) is 34.5 Å². The zero-order valence-electron chi connectivity index (χ0n) is 16.1. The maximum Gasteiger partial charge on any atom is 0.224 e. The molecule has 3 rings (SSSR count). The fraction of sp³-hybridized carbons (Fsp3) is 0.238. The third-order valence-corrected chi connectivity index (χ3v) is 5.24. The van der Waals surface area contributed by atoms with Crippen molar-refractivity contribution in [2.75, 3.05) is 18.7 Å². The number of carbonyl (C=O) groups is 1. The van der Waals surface area contributed by atoms with Crippen LogP contribution in [0.15, 0.2) is 53.1 Å². The van der Waals surface area contributed by atoms with Crippen molar-refractivity contribution in [2.24, 2.45) is 0 Å². The first kappa shape index (κ1) is 21.1. The number of nitrogens with one attached hydrogen (secondary N) is 1. The first-order valence-electron chi connectivity index (χ1n) is 8.92. The molecule has 1 heterocycles. The van der Waals surface area contributed by atoms with Crippen LogP contribution < -0.4 is 10.1 Å². The van der Waals surface area contributed by atoms with Gasteiger partial charge in [-0.3, -0.25) is 9.00 Å². The Balaban J connectivity index is 1.58. The Morgan fingerprint density at radius 1 is 1.24 bits per heavy atom. The van der Waals surface area contributed by atoms with Gasteiger partial charge in [0, 0.05) is 41.2 Å². The van der Waals surface area contributed by atoms with E-state index in [4.69, 9.17) is 20.8 Å². The number of benzene rings is 2. The van der Waals surface area contributed by atoms with E-state index in [1.165, 1.54) is 0 Å². The molecule has 0 fully saturated rings. The van der Waals surface area contributed by atoms with Crippen molar-refractivity contribution in [1.82, 2.24) is 4.98 Å². The molecule has 0 bridgehead atoms. The van der Waals surface area contributed by atoms with E-state index >= 15 is 0 Å². The number of aromatic nitrogens is 1. The number of oxazole rings is 1. The quantitative estimate of drug-likeness (QED) is 0.568. The van der Waals surface area contributed by atoms with Crippen molar-refractivity contribution in [3.63, 3.8) is 0 Å². The Hall–Kier alpha value is -2.64. The number of nitrogens with zero attached hydrogens (tertiary/aromatic N) is 1. The highest BCUT2D eigenvalue weighted by atomic mass is 35.5. The van der Waals surface area contributed by atoms with E-state index in [0.717, 1.165) is 16.9 Å². The first-order valence-corrected chi connectivity index (χ1v) is 11.0. The molecule has 6 nitrogen and oxygen atoms in total. The minimum Gasteiger partial charge on any atom is -0.497 e. The third kappa shape index (κ3) is 5.92. The summed E-state index contributed by atoms with van der Waals surface area (Å²) in [5, 5.41) is 3.22. The van der Waals surface area contributed by atoms with Gasteiger partial charge in [0.1, 0.15) is 5.75 Å². The molecule has 1 unspecified atom stereocenters. The van der Waals surface area contributed by atoms with Gasteiger partial charge in [-0.1, -0.05) is 17.7 Å². The SMILES string of the molecule is COc1ccc(-c2cnc(CCC(=O)Nc3cc(CS(C)=O)ccc3Cl)o2)cc1. The van der Waals surface area contributed by atoms with E-state index in [1.54, 1.807) is 37.8 Å². The van der Waals surface area contributed by atoms with Crippen LogP contribution in [0.25, 0.3) is 11.3 Å². The molecule has 2 aromatic carbocycles. The Morgan fingerprint density at radius 3 is 2.69 bits per heavy atom. The molecule has 0 spiro atoms. The maximum absolute atomic E-state index is 12.3. The topological polar surface area (TPSA) is 81.4 Å². The van der Waals surface area contributed by atoms with Crippen LogP contribution in [0, 0.1) is 0 Å². The predicted octanol–water partition coefficient (Wildman–Crippen LogP) is 4.45. The fourth-order valence-corrected chi connectivity index (χ4v) is 3.55. The average Bonchev–Trinajstić information content (AvgIpc) is 3.18. The van der Waals surface area contributed by atoms with E-state index < -0.39 is 10.8 Å². The molecule has 0 saturated carbocycles. The van der Waals surface area contributed by atoms with Gasteiger partial charge in [-0.2, -0.15) is 0 Å². The van der Waals surface area contributed by atoms with Gasteiger partial charge in [0.2, 0.25) is 5.91 Å². The molecule has 8 heteroatoms. The highest BCUT2D eigenvalue weighted by Crippen LogP contribution is 2.25. The van der Waals surface area contributed by atoms with Gasteiger partial charge in [0.25, 0.3) is 0 Å². The lowest BCUT2D eigenvalue weighted by atomic mass is 10.2. The number of halogens is 1. The molecule has 1 N–H and O–H groups in total. The highest BCUT2D eigenvalue weighted by Gasteiger charge is 2.11. The second-order valence-corrected chi connectivity index (χ2v) is 8.27. The Kier molecular flexibility index (Phi) is 7.06. The van der Waals surface area contributed by atoms with Crippen LogP contribution >= 0.6 is 11.6 Å². The number of carbonyl (C=O) groups excluding carboxylic acids is 1. The second-order valence-electron chi connectivity index (χ2n) is 6.43. The van der Waals surface area contributed by atoms with E-state index in [1.807, 2.05) is 24.3 Å². The van der Waals surface area contributed by atoms with Gasteiger partial charge >= 0.3 is 0 Å². The summed E-state index contributed by atoms with van der Waals surface area (Å²) in [5.41, 5.74) is 2.24. The van der Waals surface area contributed by atoms with Crippen molar-refractivity contribution >= 4 is 34.0 Å². The summed E-state index contributed by atoms with van der Waals surface area (Å²) in [7, 11) is 0.640. The van der Waals surface area contributed by atoms with Crippen LogP contribution in [0.2, 0.25) is 5.02 Å². The Labute approximate surface area is 176 Å². The molecule has 0 aliphatic heterocycles. The lowest BCUT2D eigenvalue weighted by Crippen LogP contribution is -2.13. The van der Waals surface area contributed by atoms with Gasteiger partial charge in [-0.25, -0.2) is 4.98 Å². The lowest BCUT2D eigenvalue weighted by molar-refractivity contribution is -0.116. The molecule has 0 aliphatic carbocycles. The zero-order valence-corrected chi connectivity index (χ0v) is 17.7. The number of rotatable bonds is 8. The number of ether oxygens (including phenoxy) is 1. The van der Waals surface area contributed by atoms with Gasteiger partial charge < -0.3 is 14.5 Å². The largest absolute Gasteiger partial charge is 0.497 e. The molecule has 0 radical (unpaired) electrons. The molecule has 152 valence electrons. The number of hydrogen-bond donors (Lipinski definition) is 1. The highest BCUT2D eigenvalue weighted by molar-refractivity contribution is 7.83. The van der Waals surface area contributed by atoms with Crippen LogP contribution in [0.1, 0.15) is 17.9 Å². The standard InChI is InChI=1S/C21H21ClN2O4S/c1-27-16-6-4-15(5-7-16)19-12-23-21(28-19)10-9-20(25)24-18-11-14(13-29(2)26)3-8-17(18)22/h3-8,11-12H,9-10,13H2,1-2H3,(H,24,25). The summed E-state index contributed by atoms with van der Waals surface area (Å²) in [6.45, 7) is 0. The number of hydrogen-bond acceptors (Lipinski definition) is 5. The number of methoxy groups -OCH3 is 1.